The van der Waals surface area contributed by atoms with Gasteiger partial charge in [0, 0.05) is 37.6 Å². The summed E-state index contributed by atoms with van der Waals surface area (Å²) in [7, 11) is 0. The third-order valence-corrected chi connectivity index (χ3v) is 3.88. The molecule has 0 aliphatic carbocycles. The summed E-state index contributed by atoms with van der Waals surface area (Å²) in [6, 6.07) is 5.36. The summed E-state index contributed by atoms with van der Waals surface area (Å²) >= 11 is 0. The van der Waals surface area contributed by atoms with Crippen LogP contribution in [0.2, 0.25) is 0 Å². The minimum Gasteiger partial charge on any atom is -0.472 e. The highest BCUT2D eigenvalue weighted by molar-refractivity contribution is 5.76. The maximum atomic E-state index is 12.3. The zero-order valence-electron chi connectivity index (χ0n) is 12.8. The number of carbonyl (C=O) groups is 1. The lowest BCUT2D eigenvalue weighted by Crippen LogP contribution is -2.33. The molecule has 1 aliphatic rings. The number of nitrogens with zero attached hydrogens (tertiary/aromatic N) is 5. The molecule has 0 spiro atoms. The number of pyridine rings is 1. The number of likely N-dealkylation sites (tertiary alicyclic amines) is 1. The lowest BCUT2D eigenvalue weighted by atomic mass is 10.3. The molecule has 7 nitrogen and oxygen atoms in total. The van der Waals surface area contributed by atoms with Crippen molar-refractivity contribution < 1.29 is 9.53 Å². The van der Waals surface area contributed by atoms with E-state index < -0.39 is 0 Å². The topological polar surface area (TPSA) is 84.0 Å². The maximum Gasteiger partial charge on any atom is 0.242 e. The van der Waals surface area contributed by atoms with Crippen molar-refractivity contribution in [2.24, 2.45) is 0 Å². The number of rotatable bonds is 4. The van der Waals surface area contributed by atoms with Crippen molar-refractivity contribution in [3.8, 4) is 11.9 Å². The maximum absolute atomic E-state index is 12.3. The molecule has 1 fully saturated rings. The number of hydrogen-bond donors (Lipinski definition) is 0. The molecule has 7 heteroatoms. The van der Waals surface area contributed by atoms with Crippen LogP contribution in [0.15, 0.2) is 30.7 Å². The van der Waals surface area contributed by atoms with Gasteiger partial charge in [-0.2, -0.15) is 5.26 Å². The molecule has 23 heavy (non-hydrogen) atoms. The second kappa shape index (κ2) is 6.48. The molecule has 3 rings (SSSR count). The van der Waals surface area contributed by atoms with Crippen molar-refractivity contribution in [1.82, 2.24) is 19.4 Å². The van der Waals surface area contributed by atoms with E-state index in [1.54, 1.807) is 29.4 Å². The average Bonchev–Trinajstić information content (AvgIpc) is 3.18. The molecule has 1 saturated heterocycles. The largest absolute Gasteiger partial charge is 0.472 e. The molecule has 0 N–H and O–H groups in total. The van der Waals surface area contributed by atoms with Crippen LogP contribution >= 0.6 is 0 Å². The van der Waals surface area contributed by atoms with E-state index >= 15 is 0 Å². The molecule has 0 radical (unpaired) electrons. The molecular weight excluding hydrogens is 294 g/mol. The van der Waals surface area contributed by atoms with E-state index in [4.69, 9.17) is 10.00 Å². The van der Waals surface area contributed by atoms with Crippen molar-refractivity contribution in [3.05, 3.63) is 42.1 Å². The Bertz CT molecular complexity index is 732. The fraction of sp³-hybridized carbons (Fsp3) is 0.375. The Balaban J connectivity index is 1.54. The van der Waals surface area contributed by atoms with Crippen molar-refractivity contribution in [1.29, 1.82) is 5.26 Å². The van der Waals surface area contributed by atoms with Crippen LogP contribution in [0.1, 0.15) is 17.8 Å². The standard InChI is InChI=1S/C16H17N5O2/c1-12-18-5-7-20(12)11-16(22)21-6-4-14(10-21)23-15-3-2-13(8-17)9-19-15/h2-3,5,7,9,14H,4,6,10-11H2,1H3. The van der Waals surface area contributed by atoms with Gasteiger partial charge in [0.1, 0.15) is 24.5 Å². The van der Waals surface area contributed by atoms with Gasteiger partial charge in [-0.15, -0.1) is 0 Å². The van der Waals surface area contributed by atoms with Gasteiger partial charge in [0.15, 0.2) is 0 Å². The summed E-state index contributed by atoms with van der Waals surface area (Å²) < 4.78 is 7.61. The Labute approximate surface area is 134 Å². The van der Waals surface area contributed by atoms with Crippen molar-refractivity contribution in [2.45, 2.75) is 26.0 Å². The Kier molecular flexibility index (Phi) is 4.24. The first kappa shape index (κ1) is 15.0. The summed E-state index contributed by atoms with van der Waals surface area (Å²) in [5.41, 5.74) is 0.497. The molecule has 0 bridgehead atoms. The monoisotopic (exact) mass is 311 g/mol. The predicted molar refractivity (Wildman–Crippen MR) is 81.5 cm³/mol. The normalized spacial score (nSPS) is 17.0. The number of aryl methyl sites for hydroxylation is 1. The van der Waals surface area contributed by atoms with Crippen LogP contribution in [0.5, 0.6) is 5.88 Å². The second-order valence-electron chi connectivity index (χ2n) is 5.47. The molecular formula is C16H17N5O2. The quantitative estimate of drug-likeness (QED) is 0.845. The van der Waals surface area contributed by atoms with Gasteiger partial charge in [-0.25, -0.2) is 9.97 Å². The molecule has 0 saturated carbocycles. The highest BCUT2D eigenvalue weighted by atomic mass is 16.5. The molecule has 0 aromatic carbocycles. The molecule has 2 aromatic rings. The summed E-state index contributed by atoms with van der Waals surface area (Å²) in [6.45, 7) is 3.40. The molecule has 1 aliphatic heterocycles. The third-order valence-electron chi connectivity index (χ3n) is 3.88. The number of amides is 1. The number of nitriles is 1. The Hall–Kier alpha value is -2.88. The van der Waals surface area contributed by atoms with Gasteiger partial charge in [-0.3, -0.25) is 4.79 Å². The molecule has 1 atom stereocenters. The van der Waals surface area contributed by atoms with Crippen LogP contribution < -0.4 is 4.74 Å². The van der Waals surface area contributed by atoms with E-state index in [-0.39, 0.29) is 12.0 Å². The van der Waals surface area contributed by atoms with Crippen LogP contribution in [0.4, 0.5) is 0 Å². The number of imidazole rings is 1. The first-order valence-corrected chi connectivity index (χ1v) is 7.44. The van der Waals surface area contributed by atoms with Crippen LogP contribution in [0.25, 0.3) is 0 Å². The predicted octanol–water partition coefficient (Wildman–Crippen LogP) is 1.14. The third kappa shape index (κ3) is 3.48. The van der Waals surface area contributed by atoms with Crippen LogP contribution in [-0.4, -0.2) is 44.5 Å². The molecule has 118 valence electrons. The first-order chi connectivity index (χ1) is 11.2. The number of aromatic nitrogens is 3. The average molecular weight is 311 g/mol. The van der Waals surface area contributed by atoms with Gasteiger partial charge < -0.3 is 14.2 Å². The van der Waals surface area contributed by atoms with Crippen LogP contribution in [-0.2, 0) is 11.3 Å². The van der Waals surface area contributed by atoms with E-state index in [2.05, 4.69) is 9.97 Å². The highest BCUT2D eigenvalue weighted by Crippen LogP contribution is 2.17. The Morgan fingerprint density at radius 2 is 2.35 bits per heavy atom. The highest BCUT2D eigenvalue weighted by Gasteiger charge is 2.28. The number of ether oxygens (including phenoxy) is 1. The minimum absolute atomic E-state index is 0.0602. The SMILES string of the molecule is Cc1nccn1CC(=O)N1CCC(Oc2ccc(C#N)cn2)C1. The molecule has 3 heterocycles. The second-order valence-corrected chi connectivity index (χ2v) is 5.47. The molecule has 2 aromatic heterocycles. The lowest BCUT2D eigenvalue weighted by Gasteiger charge is -2.17. The summed E-state index contributed by atoms with van der Waals surface area (Å²) in [5, 5.41) is 8.75. The van der Waals surface area contributed by atoms with Gasteiger partial charge >= 0.3 is 0 Å². The lowest BCUT2D eigenvalue weighted by molar-refractivity contribution is -0.131. The van der Waals surface area contributed by atoms with Crippen molar-refractivity contribution in [3.63, 3.8) is 0 Å². The summed E-state index contributed by atoms with van der Waals surface area (Å²) in [4.78, 5) is 22.3. The minimum atomic E-state index is -0.0664. The molecule has 1 amide bonds. The van der Waals surface area contributed by atoms with Gasteiger partial charge in [0.05, 0.1) is 12.1 Å². The van der Waals surface area contributed by atoms with Gasteiger partial charge in [0.2, 0.25) is 11.8 Å². The fourth-order valence-electron chi connectivity index (χ4n) is 2.55. The summed E-state index contributed by atoms with van der Waals surface area (Å²) in [5.74, 6) is 1.37. The first-order valence-electron chi connectivity index (χ1n) is 7.44. The zero-order valence-corrected chi connectivity index (χ0v) is 12.8. The number of hydrogen-bond acceptors (Lipinski definition) is 5. The van der Waals surface area contributed by atoms with Gasteiger partial charge in [-0.1, -0.05) is 0 Å². The van der Waals surface area contributed by atoms with E-state index in [1.807, 2.05) is 17.6 Å². The fourth-order valence-corrected chi connectivity index (χ4v) is 2.55. The zero-order chi connectivity index (χ0) is 16.2. The number of carbonyl (C=O) groups excluding carboxylic acids is 1. The smallest absolute Gasteiger partial charge is 0.242 e. The van der Waals surface area contributed by atoms with E-state index in [0.717, 1.165) is 12.2 Å². The Morgan fingerprint density at radius 3 is 3.00 bits per heavy atom. The van der Waals surface area contributed by atoms with E-state index in [9.17, 15) is 4.79 Å². The van der Waals surface area contributed by atoms with Crippen LogP contribution in [0.3, 0.4) is 0 Å². The van der Waals surface area contributed by atoms with Gasteiger partial charge in [0.25, 0.3) is 0 Å². The van der Waals surface area contributed by atoms with Crippen LogP contribution in [0, 0.1) is 18.3 Å². The van der Waals surface area contributed by atoms with Crippen molar-refractivity contribution >= 4 is 5.91 Å². The van der Waals surface area contributed by atoms with E-state index in [1.165, 1.54) is 6.20 Å². The van der Waals surface area contributed by atoms with E-state index in [0.29, 0.717) is 31.1 Å². The summed E-state index contributed by atoms with van der Waals surface area (Å²) in [6.07, 6.45) is 5.68. The van der Waals surface area contributed by atoms with Gasteiger partial charge in [-0.05, 0) is 13.0 Å². The Morgan fingerprint density at radius 1 is 1.48 bits per heavy atom. The molecule has 1 unspecified atom stereocenters. The van der Waals surface area contributed by atoms with Crippen molar-refractivity contribution in [2.75, 3.05) is 13.1 Å².